The quantitative estimate of drug-likeness (QED) is 0.832. The number of rotatable bonds is 7. The van der Waals surface area contributed by atoms with E-state index in [1.54, 1.807) is 21.1 Å². The summed E-state index contributed by atoms with van der Waals surface area (Å²) in [6.07, 6.45) is 0. The molecule has 114 valence electrons. The van der Waals surface area contributed by atoms with Crippen LogP contribution in [0.4, 0.5) is 0 Å². The summed E-state index contributed by atoms with van der Waals surface area (Å²) in [6, 6.07) is 3.80. The molecule has 0 unspecified atom stereocenters. The van der Waals surface area contributed by atoms with Crippen LogP contribution in [0.15, 0.2) is 16.7 Å². The molecule has 0 radical (unpaired) electrons. The van der Waals surface area contributed by atoms with E-state index in [4.69, 9.17) is 18.7 Å². The molecule has 0 amide bonds. The van der Waals surface area contributed by atoms with E-state index in [1.807, 2.05) is 19.2 Å². The molecule has 2 aromatic rings. The number of nitrogens with one attached hydrogen (secondary N) is 1. The zero-order valence-electron chi connectivity index (χ0n) is 12.6. The number of ether oxygens (including phenoxy) is 3. The predicted octanol–water partition coefficient (Wildman–Crippen LogP) is 1.69. The number of hydrogen-bond acceptors (Lipinski definition) is 7. The van der Waals surface area contributed by atoms with Crippen LogP contribution in [-0.2, 0) is 13.2 Å². The number of hydrogen-bond donors (Lipinski definition) is 1. The van der Waals surface area contributed by atoms with Crippen LogP contribution in [0.25, 0.3) is 0 Å². The Kier molecular flexibility index (Phi) is 4.99. The van der Waals surface area contributed by atoms with E-state index in [-0.39, 0.29) is 6.61 Å². The van der Waals surface area contributed by atoms with Gasteiger partial charge in [0, 0.05) is 13.5 Å². The Hall–Kier alpha value is -2.28. The summed E-state index contributed by atoms with van der Waals surface area (Å²) in [4.78, 5) is 4.09. The second kappa shape index (κ2) is 6.94. The van der Waals surface area contributed by atoms with Crippen molar-refractivity contribution in [1.82, 2.24) is 15.5 Å². The highest BCUT2D eigenvalue weighted by molar-refractivity contribution is 5.53. The summed E-state index contributed by atoms with van der Waals surface area (Å²) in [5, 5.41) is 6.87. The number of benzene rings is 1. The fourth-order valence-electron chi connectivity index (χ4n) is 1.92. The largest absolute Gasteiger partial charge is 0.493 e. The average molecular weight is 293 g/mol. The number of aryl methyl sites for hydroxylation is 1. The third-order valence-electron chi connectivity index (χ3n) is 2.82. The minimum atomic E-state index is 0.176. The number of nitrogens with zero attached hydrogens (tertiary/aromatic N) is 2. The van der Waals surface area contributed by atoms with Crippen molar-refractivity contribution in [1.29, 1.82) is 0 Å². The topological polar surface area (TPSA) is 78.6 Å². The molecule has 1 heterocycles. The smallest absolute Gasteiger partial charge is 0.223 e. The van der Waals surface area contributed by atoms with E-state index in [0.29, 0.717) is 35.5 Å². The van der Waals surface area contributed by atoms with Crippen LogP contribution in [0.3, 0.4) is 0 Å². The summed E-state index contributed by atoms with van der Waals surface area (Å²) < 4.78 is 21.4. The minimum Gasteiger partial charge on any atom is -0.493 e. The highest BCUT2D eigenvalue weighted by Crippen LogP contribution is 2.38. The molecule has 1 N–H and O–H groups in total. The van der Waals surface area contributed by atoms with Crippen LogP contribution in [0, 0.1) is 6.92 Å². The lowest BCUT2D eigenvalue weighted by atomic mass is 10.2. The van der Waals surface area contributed by atoms with Gasteiger partial charge in [-0.15, -0.1) is 0 Å². The zero-order valence-corrected chi connectivity index (χ0v) is 12.6. The summed E-state index contributed by atoms with van der Waals surface area (Å²) in [7, 11) is 5.05. The summed E-state index contributed by atoms with van der Waals surface area (Å²) in [6.45, 7) is 2.61. The molecular formula is C14H19N3O4. The first-order valence-corrected chi connectivity index (χ1v) is 6.49. The minimum absolute atomic E-state index is 0.176. The lowest BCUT2D eigenvalue weighted by Gasteiger charge is -2.15. The maximum Gasteiger partial charge on any atom is 0.223 e. The van der Waals surface area contributed by atoms with Crippen LogP contribution in [0.2, 0.25) is 0 Å². The van der Waals surface area contributed by atoms with Gasteiger partial charge in [-0.05, 0) is 24.7 Å². The molecule has 0 aliphatic rings. The van der Waals surface area contributed by atoms with Gasteiger partial charge in [-0.25, -0.2) is 0 Å². The normalized spacial score (nSPS) is 10.5. The van der Waals surface area contributed by atoms with Gasteiger partial charge in [0.2, 0.25) is 17.5 Å². The fraction of sp³-hybridized carbons (Fsp3) is 0.429. The molecule has 7 nitrogen and oxygen atoms in total. The van der Waals surface area contributed by atoms with Crippen LogP contribution in [-0.4, -0.2) is 31.4 Å². The second-order valence-electron chi connectivity index (χ2n) is 4.38. The van der Waals surface area contributed by atoms with Gasteiger partial charge in [-0.2, -0.15) is 4.98 Å². The van der Waals surface area contributed by atoms with Gasteiger partial charge in [0.1, 0.15) is 0 Å². The molecule has 0 bridgehead atoms. The van der Waals surface area contributed by atoms with E-state index >= 15 is 0 Å². The van der Waals surface area contributed by atoms with Crippen molar-refractivity contribution in [3.8, 4) is 17.2 Å². The van der Waals surface area contributed by atoms with Crippen molar-refractivity contribution in [3.63, 3.8) is 0 Å². The number of methoxy groups -OCH3 is 2. The Morgan fingerprint density at radius 1 is 1.19 bits per heavy atom. The molecule has 7 heteroatoms. The van der Waals surface area contributed by atoms with E-state index in [9.17, 15) is 0 Å². The third-order valence-corrected chi connectivity index (χ3v) is 2.82. The molecule has 2 rings (SSSR count). The van der Waals surface area contributed by atoms with Gasteiger partial charge in [0.05, 0.1) is 14.2 Å². The summed E-state index contributed by atoms with van der Waals surface area (Å²) in [5.41, 5.74) is 1.04. The Bertz CT molecular complexity index is 573. The molecule has 1 aromatic heterocycles. The van der Waals surface area contributed by atoms with Crippen molar-refractivity contribution in [2.45, 2.75) is 20.1 Å². The zero-order chi connectivity index (χ0) is 15.2. The maximum absolute atomic E-state index is 5.73. The van der Waals surface area contributed by atoms with Crippen LogP contribution in [0.5, 0.6) is 17.2 Å². The van der Waals surface area contributed by atoms with Gasteiger partial charge < -0.3 is 24.1 Å². The molecule has 0 saturated heterocycles. The first-order chi connectivity index (χ1) is 10.2. The summed E-state index contributed by atoms with van der Waals surface area (Å²) in [5.74, 6) is 2.68. The molecule has 21 heavy (non-hydrogen) atoms. The van der Waals surface area contributed by atoms with E-state index in [1.165, 1.54) is 0 Å². The first kappa shape index (κ1) is 15.1. The van der Waals surface area contributed by atoms with Crippen molar-refractivity contribution in [2.24, 2.45) is 0 Å². The molecule has 0 aliphatic carbocycles. The Morgan fingerprint density at radius 3 is 2.33 bits per heavy atom. The Morgan fingerprint density at radius 2 is 1.86 bits per heavy atom. The van der Waals surface area contributed by atoms with Crippen molar-refractivity contribution >= 4 is 0 Å². The SMILES string of the molecule is CNCc1cc(OC)c(OCc2noc(C)n2)c(OC)c1. The van der Waals surface area contributed by atoms with Gasteiger partial charge in [0.25, 0.3) is 0 Å². The van der Waals surface area contributed by atoms with Gasteiger partial charge >= 0.3 is 0 Å². The van der Waals surface area contributed by atoms with Crippen molar-refractivity contribution in [2.75, 3.05) is 21.3 Å². The molecule has 0 saturated carbocycles. The lowest BCUT2D eigenvalue weighted by Crippen LogP contribution is -2.07. The van der Waals surface area contributed by atoms with Crippen LogP contribution >= 0.6 is 0 Å². The standard InChI is InChI=1S/C14H19N3O4/c1-9-16-13(17-21-9)8-20-14-11(18-3)5-10(7-15-2)6-12(14)19-4/h5-6,15H,7-8H2,1-4H3. The lowest BCUT2D eigenvalue weighted by molar-refractivity contribution is 0.253. The molecule has 0 spiro atoms. The molecule has 1 aromatic carbocycles. The van der Waals surface area contributed by atoms with Gasteiger partial charge in [-0.3, -0.25) is 0 Å². The fourth-order valence-corrected chi connectivity index (χ4v) is 1.92. The third kappa shape index (κ3) is 3.63. The van der Waals surface area contributed by atoms with Crippen molar-refractivity contribution < 1.29 is 18.7 Å². The summed E-state index contributed by atoms with van der Waals surface area (Å²) >= 11 is 0. The molecular weight excluding hydrogens is 274 g/mol. The number of aromatic nitrogens is 2. The highest BCUT2D eigenvalue weighted by atomic mass is 16.5. The maximum atomic E-state index is 5.73. The van der Waals surface area contributed by atoms with Gasteiger partial charge in [-0.1, -0.05) is 5.16 Å². The first-order valence-electron chi connectivity index (χ1n) is 6.49. The molecule has 0 atom stereocenters. The predicted molar refractivity (Wildman–Crippen MR) is 75.7 cm³/mol. The Labute approximate surface area is 123 Å². The molecule has 0 fully saturated rings. The van der Waals surface area contributed by atoms with Crippen LogP contribution < -0.4 is 19.5 Å². The second-order valence-corrected chi connectivity index (χ2v) is 4.38. The van der Waals surface area contributed by atoms with E-state index in [2.05, 4.69) is 15.5 Å². The van der Waals surface area contributed by atoms with E-state index < -0.39 is 0 Å². The van der Waals surface area contributed by atoms with Crippen LogP contribution in [0.1, 0.15) is 17.3 Å². The Balaban J connectivity index is 2.23. The van der Waals surface area contributed by atoms with Gasteiger partial charge in [0.15, 0.2) is 18.1 Å². The van der Waals surface area contributed by atoms with Crippen molar-refractivity contribution in [3.05, 3.63) is 29.4 Å². The monoisotopic (exact) mass is 293 g/mol. The molecule has 0 aliphatic heterocycles. The highest BCUT2D eigenvalue weighted by Gasteiger charge is 2.15. The van der Waals surface area contributed by atoms with E-state index in [0.717, 1.165) is 5.56 Å². The average Bonchev–Trinajstić information content (AvgIpc) is 2.90.